The molecule has 0 amide bonds. The van der Waals surface area contributed by atoms with Gasteiger partial charge in [-0.3, -0.25) is 9.59 Å². The molecule has 0 heterocycles. The molecule has 3 aromatic carbocycles. The van der Waals surface area contributed by atoms with Gasteiger partial charge in [-0.2, -0.15) is 0 Å². The molecular formula is C23H17BrO2. The molecular weight excluding hydrogens is 388 g/mol. The Balaban J connectivity index is 1.92. The van der Waals surface area contributed by atoms with Crippen molar-refractivity contribution < 1.29 is 9.59 Å². The average Bonchev–Trinajstić information content (AvgIpc) is 2.69. The van der Waals surface area contributed by atoms with E-state index >= 15 is 0 Å². The number of ketones is 2. The first-order valence-electron chi connectivity index (χ1n) is 8.27. The van der Waals surface area contributed by atoms with Crippen LogP contribution in [0.25, 0.3) is 5.57 Å². The van der Waals surface area contributed by atoms with E-state index in [9.17, 15) is 9.59 Å². The summed E-state index contributed by atoms with van der Waals surface area (Å²) in [7, 11) is 0. The van der Waals surface area contributed by atoms with E-state index in [2.05, 4.69) is 15.9 Å². The van der Waals surface area contributed by atoms with Crippen LogP contribution in [0.1, 0.15) is 32.7 Å². The largest absolute Gasteiger partial charge is 0.294 e. The second-order valence-corrected chi connectivity index (χ2v) is 6.79. The molecule has 3 rings (SSSR count). The quantitative estimate of drug-likeness (QED) is 0.373. The third kappa shape index (κ3) is 4.64. The maximum atomic E-state index is 12.7. The molecule has 0 spiro atoms. The van der Waals surface area contributed by atoms with Crippen molar-refractivity contribution in [2.24, 2.45) is 0 Å². The number of Topliss-reactive ketones (excluding diaryl/α,β-unsaturated/α-hetero) is 1. The van der Waals surface area contributed by atoms with Crippen molar-refractivity contribution in [1.82, 2.24) is 0 Å². The Morgan fingerprint density at radius 1 is 0.692 bits per heavy atom. The first kappa shape index (κ1) is 18.0. The fourth-order valence-corrected chi connectivity index (χ4v) is 2.91. The minimum atomic E-state index is -0.114. The minimum Gasteiger partial charge on any atom is -0.294 e. The topological polar surface area (TPSA) is 34.1 Å². The average molecular weight is 405 g/mol. The van der Waals surface area contributed by atoms with E-state index < -0.39 is 0 Å². The van der Waals surface area contributed by atoms with E-state index in [1.54, 1.807) is 30.3 Å². The van der Waals surface area contributed by atoms with Gasteiger partial charge in [0.2, 0.25) is 0 Å². The third-order valence-corrected chi connectivity index (χ3v) is 4.55. The SMILES string of the molecule is O=C(C=C(CC(=O)c1ccccc1)c1ccccc1)c1ccc(Br)cc1. The lowest BCUT2D eigenvalue weighted by Crippen LogP contribution is -2.03. The molecule has 0 aliphatic carbocycles. The van der Waals surface area contributed by atoms with Crippen LogP contribution >= 0.6 is 15.9 Å². The van der Waals surface area contributed by atoms with Crippen LogP contribution in [0.3, 0.4) is 0 Å². The lowest BCUT2D eigenvalue weighted by Gasteiger charge is -2.08. The van der Waals surface area contributed by atoms with Crippen molar-refractivity contribution in [2.45, 2.75) is 6.42 Å². The Labute approximate surface area is 161 Å². The molecule has 2 nitrogen and oxygen atoms in total. The van der Waals surface area contributed by atoms with Gasteiger partial charge in [0, 0.05) is 22.0 Å². The maximum Gasteiger partial charge on any atom is 0.186 e. The summed E-state index contributed by atoms with van der Waals surface area (Å²) in [6.45, 7) is 0. The zero-order chi connectivity index (χ0) is 18.4. The van der Waals surface area contributed by atoms with E-state index in [1.165, 1.54) is 0 Å². The molecule has 0 fully saturated rings. The molecule has 0 saturated heterocycles. The van der Waals surface area contributed by atoms with E-state index in [0.717, 1.165) is 10.0 Å². The summed E-state index contributed by atoms with van der Waals surface area (Å²) in [4.78, 5) is 25.3. The maximum absolute atomic E-state index is 12.7. The Hall–Kier alpha value is -2.78. The first-order valence-corrected chi connectivity index (χ1v) is 9.07. The minimum absolute atomic E-state index is 0.00990. The number of carbonyl (C=O) groups is 2. The smallest absolute Gasteiger partial charge is 0.186 e. The highest BCUT2D eigenvalue weighted by molar-refractivity contribution is 9.10. The van der Waals surface area contributed by atoms with Gasteiger partial charge in [0.1, 0.15) is 0 Å². The van der Waals surface area contributed by atoms with Gasteiger partial charge in [-0.25, -0.2) is 0 Å². The van der Waals surface area contributed by atoms with Gasteiger partial charge in [-0.05, 0) is 41.5 Å². The molecule has 128 valence electrons. The number of allylic oxidation sites excluding steroid dienone is 2. The zero-order valence-corrected chi connectivity index (χ0v) is 15.6. The van der Waals surface area contributed by atoms with Crippen LogP contribution in [0.4, 0.5) is 0 Å². The predicted molar refractivity (Wildman–Crippen MR) is 108 cm³/mol. The summed E-state index contributed by atoms with van der Waals surface area (Å²) in [5.74, 6) is -0.124. The monoisotopic (exact) mass is 404 g/mol. The molecule has 0 saturated carbocycles. The van der Waals surface area contributed by atoms with E-state index in [1.807, 2.05) is 60.7 Å². The lowest BCUT2D eigenvalue weighted by atomic mass is 9.95. The Morgan fingerprint density at radius 2 is 1.23 bits per heavy atom. The van der Waals surface area contributed by atoms with Crippen molar-refractivity contribution in [3.05, 3.63) is 112 Å². The number of halogens is 1. The van der Waals surface area contributed by atoms with Gasteiger partial charge in [-0.1, -0.05) is 76.6 Å². The fourth-order valence-electron chi connectivity index (χ4n) is 2.64. The van der Waals surface area contributed by atoms with Gasteiger partial charge in [0.15, 0.2) is 11.6 Å². The summed E-state index contributed by atoms with van der Waals surface area (Å²) >= 11 is 3.37. The normalized spacial score (nSPS) is 11.2. The van der Waals surface area contributed by atoms with Crippen LogP contribution in [-0.2, 0) is 0 Å². The molecule has 0 radical (unpaired) electrons. The number of benzene rings is 3. The number of rotatable bonds is 6. The van der Waals surface area contributed by atoms with Gasteiger partial charge >= 0.3 is 0 Å². The molecule has 0 aromatic heterocycles. The lowest BCUT2D eigenvalue weighted by molar-refractivity contribution is 0.0998. The summed E-state index contributed by atoms with van der Waals surface area (Å²) in [5, 5.41) is 0. The highest BCUT2D eigenvalue weighted by Gasteiger charge is 2.13. The van der Waals surface area contributed by atoms with Crippen LogP contribution in [0.5, 0.6) is 0 Å². The van der Waals surface area contributed by atoms with E-state index in [0.29, 0.717) is 16.7 Å². The van der Waals surface area contributed by atoms with Crippen molar-refractivity contribution in [3.63, 3.8) is 0 Å². The zero-order valence-electron chi connectivity index (χ0n) is 14.1. The van der Waals surface area contributed by atoms with Crippen molar-refractivity contribution >= 4 is 33.1 Å². The molecule has 0 unspecified atom stereocenters. The van der Waals surface area contributed by atoms with Gasteiger partial charge in [-0.15, -0.1) is 0 Å². The molecule has 0 aliphatic rings. The van der Waals surface area contributed by atoms with Crippen molar-refractivity contribution in [2.75, 3.05) is 0 Å². The highest BCUT2D eigenvalue weighted by Crippen LogP contribution is 2.22. The van der Waals surface area contributed by atoms with Crippen molar-refractivity contribution in [3.8, 4) is 0 Å². The molecule has 0 N–H and O–H groups in total. The van der Waals surface area contributed by atoms with E-state index in [4.69, 9.17) is 0 Å². The Morgan fingerprint density at radius 3 is 1.81 bits per heavy atom. The van der Waals surface area contributed by atoms with Crippen molar-refractivity contribution in [1.29, 1.82) is 0 Å². The van der Waals surface area contributed by atoms with Crippen LogP contribution in [0, 0.1) is 0 Å². The molecule has 26 heavy (non-hydrogen) atoms. The second-order valence-electron chi connectivity index (χ2n) is 5.87. The molecule has 0 bridgehead atoms. The number of carbonyl (C=O) groups excluding carboxylic acids is 2. The van der Waals surface area contributed by atoms with Gasteiger partial charge < -0.3 is 0 Å². The molecule has 0 atom stereocenters. The summed E-state index contributed by atoms with van der Waals surface area (Å²) < 4.78 is 0.917. The molecule has 0 aliphatic heterocycles. The number of hydrogen-bond donors (Lipinski definition) is 0. The first-order chi connectivity index (χ1) is 12.6. The fraction of sp³-hybridized carbons (Fsp3) is 0.0435. The van der Waals surface area contributed by atoms with E-state index in [-0.39, 0.29) is 18.0 Å². The predicted octanol–water partition coefficient (Wildman–Crippen LogP) is 5.99. The molecule has 3 heteroatoms. The molecule has 3 aromatic rings. The van der Waals surface area contributed by atoms with Crippen LogP contribution in [-0.4, -0.2) is 11.6 Å². The van der Waals surface area contributed by atoms with Crippen LogP contribution in [0.2, 0.25) is 0 Å². The summed E-state index contributed by atoms with van der Waals surface area (Å²) in [6, 6.07) is 25.9. The highest BCUT2D eigenvalue weighted by atomic mass is 79.9. The standard InChI is InChI=1S/C23H17BrO2/c24-21-13-11-19(12-14-21)23(26)16-20(17-7-3-1-4-8-17)15-22(25)18-9-5-2-6-10-18/h1-14,16H,15H2. The van der Waals surface area contributed by atoms with Crippen LogP contribution in [0.15, 0.2) is 95.5 Å². The number of hydrogen-bond acceptors (Lipinski definition) is 2. The second kappa shape index (κ2) is 8.54. The van der Waals surface area contributed by atoms with Gasteiger partial charge in [0.25, 0.3) is 0 Å². The Bertz CT molecular complexity index is 927. The Kier molecular flexibility index (Phi) is 5.92. The summed E-state index contributed by atoms with van der Waals surface area (Å²) in [5.41, 5.74) is 2.83. The third-order valence-electron chi connectivity index (χ3n) is 4.03. The van der Waals surface area contributed by atoms with Gasteiger partial charge in [0.05, 0.1) is 0 Å². The summed E-state index contributed by atoms with van der Waals surface area (Å²) in [6.07, 6.45) is 1.75. The van der Waals surface area contributed by atoms with Crippen LogP contribution < -0.4 is 0 Å².